The lowest BCUT2D eigenvalue weighted by Crippen LogP contribution is -2.31. The van der Waals surface area contributed by atoms with Crippen molar-refractivity contribution in [3.63, 3.8) is 0 Å². The van der Waals surface area contributed by atoms with Gasteiger partial charge in [0, 0.05) is 17.8 Å². The van der Waals surface area contributed by atoms with E-state index in [1.807, 2.05) is 42.5 Å². The second-order valence-corrected chi connectivity index (χ2v) is 5.66. The molecule has 7 heteroatoms. The van der Waals surface area contributed by atoms with Crippen LogP contribution in [0.4, 0.5) is 0 Å². The Bertz CT molecular complexity index is 977. The molecule has 1 amide bonds. The molecule has 25 heavy (non-hydrogen) atoms. The standard InChI is InChI=1S/C18H16N6O/c25-18(15-9-21-17-14(15)7-4-8-20-17)23-16(10-24-12-19-11-22-24)13-5-2-1-3-6-13/h1-9,11-12,16H,10H2,(H,20,21)(H,23,25)/t16-/m1/s1. The molecule has 0 saturated carbocycles. The van der Waals surface area contributed by atoms with Crippen molar-refractivity contribution < 1.29 is 4.79 Å². The van der Waals surface area contributed by atoms with Crippen LogP contribution in [-0.4, -0.2) is 30.6 Å². The predicted molar refractivity (Wildman–Crippen MR) is 92.8 cm³/mol. The van der Waals surface area contributed by atoms with E-state index < -0.39 is 0 Å². The molecule has 0 fully saturated rings. The van der Waals surface area contributed by atoms with Gasteiger partial charge in [-0.05, 0) is 17.7 Å². The van der Waals surface area contributed by atoms with Crippen LogP contribution in [0, 0.1) is 0 Å². The van der Waals surface area contributed by atoms with Gasteiger partial charge in [0.05, 0.1) is 18.2 Å². The molecule has 1 aromatic carbocycles. The summed E-state index contributed by atoms with van der Waals surface area (Å²) < 4.78 is 1.70. The van der Waals surface area contributed by atoms with Crippen molar-refractivity contribution in [3.05, 3.63) is 78.6 Å². The molecule has 0 bridgehead atoms. The van der Waals surface area contributed by atoms with Gasteiger partial charge in [-0.3, -0.25) is 9.48 Å². The van der Waals surface area contributed by atoms with E-state index in [1.54, 1.807) is 23.4 Å². The molecule has 2 N–H and O–H groups in total. The lowest BCUT2D eigenvalue weighted by atomic mass is 10.1. The Morgan fingerprint density at radius 2 is 2.08 bits per heavy atom. The van der Waals surface area contributed by atoms with Crippen molar-refractivity contribution in [1.29, 1.82) is 0 Å². The van der Waals surface area contributed by atoms with E-state index in [0.717, 1.165) is 10.9 Å². The zero-order valence-electron chi connectivity index (χ0n) is 13.3. The molecule has 7 nitrogen and oxygen atoms in total. The monoisotopic (exact) mass is 332 g/mol. The molecule has 0 aliphatic heterocycles. The van der Waals surface area contributed by atoms with E-state index >= 15 is 0 Å². The fourth-order valence-electron chi connectivity index (χ4n) is 2.81. The summed E-state index contributed by atoms with van der Waals surface area (Å²) in [5.41, 5.74) is 2.27. The highest BCUT2D eigenvalue weighted by molar-refractivity contribution is 6.06. The van der Waals surface area contributed by atoms with Gasteiger partial charge in [-0.15, -0.1) is 0 Å². The smallest absolute Gasteiger partial charge is 0.254 e. The van der Waals surface area contributed by atoms with Crippen molar-refractivity contribution in [2.24, 2.45) is 0 Å². The first-order valence-electron chi connectivity index (χ1n) is 7.91. The van der Waals surface area contributed by atoms with Crippen LogP contribution in [0.2, 0.25) is 0 Å². The maximum absolute atomic E-state index is 12.8. The van der Waals surface area contributed by atoms with Crippen LogP contribution >= 0.6 is 0 Å². The minimum atomic E-state index is -0.225. The molecule has 3 heterocycles. The number of fused-ring (bicyclic) bond motifs is 1. The number of carbonyl (C=O) groups is 1. The summed E-state index contributed by atoms with van der Waals surface area (Å²) in [6.45, 7) is 0.496. The van der Waals surface area contributed by atoms with Crippen LogP contribution < -0.4 is 5.32 Å². The SMILES string of the molecule is O=C(N[C@H](Cn1cncn1)c1ccccc1)c1c[nH]c2ncccc12. The number of H-pyrrole nitrogens is 1. The van der Waals surface area contributed by atoms with E-state index in [1.165, 1.54) is 6.33 Å². The average molecular weight is 332 g/mol. The Kier molecular flexibility index (Phi) is 3.96. The lowest BCUT2D eigenvalue weighted by Gasteiger charge is -2.19. The highest BCUT2D eigenvalue weighted by Crippen LogP contribution is 2.19. The number of carbonyl (C=O) groups excluding carboxylic acids is 1. The predicted octanol–water partition coefficient (Wildman–Crippen LogP) is 2.33. The summed E-state index contributed by atoms with van der Waals surface area (Å²) in [5.74, 6) is -0.159. The van der Waals surface area contributed by atoms with Gasteiger partial charge in [-0.1, -0.05) is 30.3 Å². The minimum Gasteiger partial charge on any atom is -0.345 e. The van der Waals surface area contributed by atoms with Gasteiger partial charge in [-0.25, -0.2) is 9.97 Å². The highest BCUT2D eigenvalue weighted by atomic mass is 16.1. The molecule has 3 aromatic heterocycles. The van der Waals surface area contributed by atoms with E-state index in [9.17, 15) is 4.79 Å². The zero-order valence-corrected chi connectivity index (χ0v) is 13.3. The highest BCUT2D eigenvalue weighted by Gasteiger charge is 2.19. The van der Waals surface area contributed by atoms with Crippen LogP contribution in [-0.2, 0) is 6.54 Å². The van der Waals surface area contributed by atoms with Crippen molar-refractivity contribution >= 4 is 16.9 Å². The van der Waals surface area contributed by atoms with Gasteiger partial charge in [0.1, 0.15) is 18.3 Å². The number of rotatable bonds is 5. The first-order chi connectivity index (χ1) is 12.3. The molecule has 0 spiro atoms. The Morgan fingerprint density at radius 1 is 1.20 bits per heavy atom. The van der Waals surface area contributed by atoms with Crippen LogP contribution in [0.5, 0.6) is 0 Å². The normalized spacial score (nSPS) is 12.2. The largest absolute Gasteiger partial charge is 0.345 e. The van der Waals surface area contributed by atoms with Gasteiger partial charge in [0.15, 0.2) is 0 Å². The summed E-state index contributed by atoms with van der Waals surface area (Å²) in [4.78, 5) is 24.0. The van der Waals surface area contributed by atoms with Gasteiger partial charge >= 0.3 is 0 Å². The first-order valence-corrected chi connectivity index (χ1v) is 7.91. The molecule has 0 unspecified atom stereocenters. The Balaban J connectivity index is 1.62. The molecule has 0 saturated heterocycles. The number of nitrogens with one attached hydrogen (secondary N) is 2. The molecule has 1 atom stereocenters. The second-order valence-electron chi connectivity index (χ2n) is 5.66. The summed E-state index contributed by atoms with van der Waals surface area (Å²) in [6.07, 6.45) is 6.50. The number of aromatic amines is 1. The average Bonchev–Trinajstić information content (AvgIpc) is 3.31. The Labute approximate surface area is 143 Å². The lowest BCUT2D eigenvalue weighted by molar-refractivity contribution is 0.0933. The van der Waals surface area contributed by atoms with Crippen LogP contribution in [0.3, 0.4) is 0 Å². The molecule has 124 valence electrons. The van der Waals surface area contributed by atoms with Gasteiger partial charge in [0.25, 0.3) is 5.91 Å². The third-order valence-electron chi connectivity index (χ3n) is 4.04. The topological polar surface area (TPSA) is 88.5 Å². The molecular formula is C18H16N6O. The number of pyridine rings is 1. The fourth-order valence-corrected chi connectivity index (χ4v) is 2.81. The van der Waals surface area contributed by atoms with Gasteiger partial charge in [0.2, 0.25) is 0 Å². The molecule has 4 aromatic rings. The second kappa shape index (κ2) is 6.56. The van der Waals surface area contributed by atoms with Crippen molar-refractivity contribution in [2.75, 3.05) is 0 Å². The maximum Gasteiger partial charge on any atom is 0.254 e. The number of aromatic nitrogens is 5. The van der Waals surface area contributed by atoms with E-state index in [4.69, 9.17) is 0 Å². The van der Waals surface area contributed by atoms with Gasteiger partial charge in [-0.2, -0.15) is 5.10 Å². The fraction of sp³-hybridized carbons (Fsp3) is 0.111. The molecular weight excluding hydrogens is 316 g/mol. The van der Waals surface area contributed by atoms with Crippen LogP contribution in [0.25, 0.3) is 11.0 Å². The van der Waals surface area contributed by atoms with E-state index in [-0.39, 0.29) is 11.9 Å². The molecule has 0 radical (unpaired) electrons. The summed E-state index contributed by atoms with van der Waals surface area (Å²) in [6, 6.07) is 13.3. The number of benzene rings is 1. The van der Waals surface area contributed by atoms with Crippen LogP contribution in [0.15, 0.2) is 67.5 Å². The molecule has 0 aliphatic carbocycles. The van der Waals surface area contributed by atoms with Gasteiger partial charge < -0.3 is 10.3 Å². The van der Waals surface area contributed by atoms with Crippen LogP contribution in [0.1, 0.15) is 22.0 Å². The van der Waals surface area contributed by atoms with Crippen molar-refractivity contribution in [1.82, 2.24) is 30.0 Å². The number of amides is 1. The third-order valence-corrected chi connectivity index (χ3v) is 4.04. The zero-order chi connectivity index (χ0) is 17.1. The minimum absolute atomic E-state index is 0.159. The molecule has 4 rings (SSSR count). The summed E-state index contributed by atoms with van der Waals surface area (Å²) in [7, 11) is 0. The summed E-state index contributed by atoms with van der Waals surface area (Å²) in [5, 5.41) is 8.03. The van der Waals surface area contributed by atoms with E-state index in [0.29, 0.717) is 17.8 Å². The Hall–Kier alpha value is -3.48. The quantitative estimate of drug-likeness (QED) is 0.587. The maximum atomic E-state index is 12.8. The van der Waals surface area contributed by atoms with Crippen molar-refractivity contribution in [2.45, 2.75) is 12.6 Å². The number of hydrogen-bond acceptors (Lipinski definition) is 4. The molecule has 0 aliphatic rings. The van der Waals surface area contributed by atoms with E-state index in [2.05, 4.69) is 25.4 Å². The number of hydrogen-bond donors (Lipinski definition) is 2. The Morgan fingerprint density at radius 3 is 2.88 bits per heavy atom. The third kappa shape index (κ3) is 3.12. The first kappa shape index (κ1) is 15.1. The summed E-state index contributed by atoms with van der Waals surface area (Å²) >= 11 is 0. The number of nitrogens with zero attached hydrogens (tertiary/aromatic N) is 4. The van der Waals surface area contributed by atoms with Crippen molar-refractivity contribution in [3.8, 4) is 0 Å².